The molecule has 0 bridgehead atoms. The lowest BCUT2D eigenvalue weighted by molar-refractivity contribution is 0.0527. The number of rotatable bonds is 4. The molecule has 20 heavy (non-hydrogen) atoms. The van der Waals surface area contributed by atoms with Crippen LogP contribution in [0.4, 0.5) is 15.8 Å². The van der Waals surface area contributed by atoms with Crippen LogP contribution in [0.3, 0.4) is 0 Å². The summed E-state index contributed by atoms with van der Waals surface area (Å²) in [6, 6.07) is 2.62. The van der Waals surface area contributed by atoms with Gasteiger partial charge < -0.3 is 15.4 Å². The van der Waals surface area contributed by atoms with Gasteiger partial charge in [-0.2, -0.15) is 0 Å². The van der Waals surface area contributed by atoms with Crippen LogP contribution in [-0.2, 0) is 4.74 Å². The monoisotopic (exact) mass is 282 g/mol. The van der Waals surface area contributed by atoms with E-state index in [1.807, 2.05) is 0 Å². The maximum absolute atomic E-state index is 14.0. The number of carbonyl (C=O) groups excluding carboxylic acids is 1. The van der Waals surface area contributed by atoms with E-state index in [1.165, 1.54) is 12.1 Å². The molecule has 0 aliphatic rings. The summed E-state index contributed by atoms with van der Waals surface area (Å²) < 4.78 is 19.0. The highest BCUT2D eigenvalue weighted by Gasteiger charge is 2.20. The molecule has 0 radical (unpaired) electrons. The molecule has 0 amide bonds. The van der Waals surface area contributed by atoms with Crippen molar-refractivity contribution < 1.29 is 13.9 Å². The Balaban J connectivity index is 3.14. The highest BCUT2D eigenvalue weighted by Crippen LogP contribution is 2.27. The quantitative estimate of drug-likeness (QED) is 0.681. The maximum atomic E-state index is 14.0. The van der Waals surface area contributed by atoms with Crippen LogP contribution in [-0.4, -0.2) is 26.2 Å². The second-order valence-corrected chi connectivity index (χ2v) is 6.03. The molecule has 0 spiro atoms. The van der Waals surface area contributed by atoms with E-state index in [9.17, 15) is 9.18 Å². The molecular formula is C15H23FN2O2. The Hall–Kier alpha value is -1.78. The predicted molar refractivity (Wildman–Crippen MR) is 79.5 cm³/mol. The topological polar surface area (TPSA) is 55.6 Å². The summed E-state index contributed by atoms with van der Waals surface area (Å²) >= 11 is 0. The average Bonchev–Trinajstić information content (AvgIpc) is 2.26. The number of carbonyl (C=O) groups is 1. The number of nitrogens with two attached hydrogens (primary N) is 1. The van der Waals surface area contributed by atoms with Crippen LogP contribution in [0, 0.1) is 11.2 Å². The van der Waals surface area contributed by atoms with Crippen molar-refractivity contribution in [2.24, 2.45) is 5.41 Å². The van der Waals surface area contributed by atoms with Crippen molar-refractivity contribution in [2.45, 2.75) is 27.7 Å². The van der Waals surface area contributed by atoms with E-state index in [2.05, 4.69) is 20.8 Å². The molecule has 0 aromatic heterocycles. The number of esters is 1. The molecule has 5 heteroatoms. The molecule has 0 saturated carbocycles. The van der Waals surface area contributed by atoms with Crippen LogP contribution in [0.2, 0.25) is 0 Å². The molecule has 2 N–H and O–H groups in total. The fourth-order valence-corrected chi connectivity index (χ4v) is 2.05. The molecule has 1 aromatic carbocycles. The SMILES string of the molecule is CCOC(=O)c1cc(N(C)CC(C)(C)C)c(F)cc1N. The van der Waals surface area contributed by atoms with Gasteiger partial charge in [0.1, 0.15) is 5.82 Å². The number of halogens is 1. The van der Waals surface area contributed by atoms with Crippen LogP contribution in [0.1, 0.15) is 38.1 Å². The van der Waals surface area contributed by atoms with E-state index in [1.54, 1.807) is 18.9 Å². The molecule has 0 fully saturated rings. The summed E-state index contributed by atoms with van der Waals surface area (Å²) in [7, 11) is 1.79. The fourth-order valence-electron chi connectivity index (χ4n) is 2.05. The zero-order valence-corrected chi connectivity index (χ0v) is 12.8. The lowest BCUT2D eigenvalue weighted by atomic mass is 9.96. The van der Waals surface area contributed by atoms with E-state index in [-0.39, 0.29) is 23.3 Å². The Kier molecular flexibility index (Phi) is 4.98. The summed E-state index contributed by atoms with van der Waals surface area (Å²) in [5, 5.41) is 0. The Morgan fingerprint density at radius 3 is 2.50 bits per heavy atom. The predicted octanol–water partition coefficient (Wildman–Crippen LogP) is 3.07. The molecule has 0 aliphatic carbocycles. The molecule has 0 atom stereocenters. The fraction of sp³-hybridized carbons (Fsp3) is 0.533. The first-order chi connectivity index (χ1) is 9.15. The summed E-state index contributed by atoms with van der Waals surface area (Å²) in [6.07, 6.45) is 0. The number of ether oxygens (including phenoxy) is 1. The summed E-state index contributed by atoms with van der Waals surface area (Å²) in [5.41, 5.74) is 6.33. The van der Waals surface area contributed by atoms with Gasteiger partial charge in [0, 0.05) is 19.3 Å². The molecule has 0 unspecified atom stereocenters. The molecule has 0 aliphatic heterocycles. The summed E-state index contributed by atoms with van der Waals surface area (Å²) in [6.45, 7) is 8.80. The first kappa shape index (κ1) is 16.3. The van der Waals surface area contributed by atoms with Gasteiger partial charge in [-0.05, 0) is 24.5 Å². The van der Waals surface area contributed by atoms with Crippen molar-refractivity contribution in [2.75, 3.05) is 30.8 Å². The second kappa shape index (κ2) is 6.11. The largest absolute Gasteiger partial charge is 0.462 e. The average molecular weight is 282 g/mol. The van der Waals surface area contributed by atoms with E-state index in [0.717, 1.165) is 0 Å². The highest BCUT2D eigenvalue weighted by atomic mass is 19.1. The minimum atomic E-state index is -0.532. The molecule has 1 aromatic rings. The minimum Gasteiger partial charge on any atom is -0.462 e. The lowest BCUT2D eigenvalue weighted by Crippen LogP contribution is -2.30. The Morgan fingerprint density at radius 2 is 2.00 bits per heavy atom. The Morgan fingerprint density at radius 1 is 1.40 bits per heavy atom. The Bertz CT molecular complexity index is 495. The van der Waals surface area contributed by atoms with Crippen LogP contribution in [0.25, 0.3) is 0 Å². The van der Waals surface area contributed by atoms with Crippen LogP contribution in [0.15, 0.2) is 12.1 Å². The molecule has 112 valence electrons. The number of nitrogens with zero attached hydrogens (tertiary/aromatic N) is 1. The van der Waals surface area contributed by atoms with Gasteiger partial charge in [-0.1, -0.05) is 20.8 Å². The van der Waals surface area contributed by atoms with Crippen molar-refractivity contribution in [3.8, 4) is 0 Å². The number of nitrogen functional groups attached to an aromatic ring is 1. The van der Waals surface area contributed by atoms with Gasteiger partial charge in [0.15, 0.2) is 0 Å². The van der Waals surface area contributed by atoms with Gasteiger partial charge >= 0.3 is 5.97 Å². The smallest absolute Gasteiger partial charge is 0.340 e. The standard InChI is InChI=1S/C15H23FN2O2/c1-6-20-14(19)10-7-13(11(16)8-12(10)17)18(5)9-15(2,3)4/h7-8H,6,9,17H2,1-5H3. The highest BCUT2D eigenvalue weighted by molar-refractivity contribution is 5.96. The van der Waals surface area contributed by atoms with Crippen molar-refractivity contribution >= 4 is 17.3 Å². The summed E-state index contributed by atoms with van der Waals surface area (Å²) in [4.78, 5) is 13.6. The van der Waals surface area contributed by atoms with E-state index in [0.29, 0.717) is 12.2 Å². The van der Waals surface area contributed by atoms with Crippen LogP contribution >= 0.6 is 0 Å². The third kappa shape index (κ3) is 4.11. The lowest BCUT2D eigenvalue weighted by Gasteiger charge is -2.29. The van der Waals surface area contributed by atoms with Gasteiger partial charge in [0.2, 0.25) is 0 Å². The Labute approximate surface area is 119 Å². The third-order valence-corrected chi connectivity index (χ3v) is 2.74. The molecule has 0 heterocycles. The number of benzene rings is 1. The molecule has 0 saturated heterocycles. The number of hydrogen-bond acceptors (Lipinski definition) is 4. The third-order valence-electron chi connectivity index (χ3n) is 2.74. The van der Waals surface area contributed by atoms with Crippen molar-refractivity contribution in [1.29, 1.82) is 0 Å². The van der Waals surface area contributed by atoms with Gasteiger partial charge in [-0.15, -0.1) is 0 Å². The zero-order chi connectivity index (χ0) is 15.5. The van der Waals surface area contributed by atoms with Crippen molar-refractivity contribution in [3.63, 3.8) is 0 Å². The summed E-state index contributed by atoms with van der Waals surface area (Å²) in [5.74, 6) is -0.974. The van der Waals surface area contributed by atoms with Crippen molar-refractivity contribution in [3.05, 3.63) is 23.5 Å². The molecule has 4 nitrogen and oxygen atoms in total. The molecular weight excluding hydrogens is 259 g/mol. The maximum Gasteiger partial charge on any atom is 0.340 e. The van der Waals surface area contributed by atoms with Crippen LogP contribution < -0.4 is 10.6 Å². The first-order valence-corrected chi connectivity index (χ1v) is 6.63. The second-order valence-electron chi connectivity index (χ2n) is 6.03. The van der Waals surface area contributed by atoms with Gasteiger partial charge in [0.05, 0.1) is 17.9 Å². The van der Waals surface area contributed by atoms with E-state index >= 15 is 0 Å². The number of anilines is 2. The van der Waals surface area contributed by atoms with E-state index < -0.39 is 11.8 Å². The normalized spacial score (nSPS) is 11.3. The van der Waals surface area contributed by atoms with Gasteiger partial charge in [0.25, 0.3) is 0 Å². The van der Waals surface area contributed by atoms with E-state index in [4.69, 9.17) is 10.5 Å². The zero-order valence-electron chi connectivity index (χ0n) is 12.8. The van der Waals surface area contributed by atoms with Crippen LogP contribution in [0.5, 0.6) is 0 Å². The molecule has 1 rings (SSSR count). The minimum absolute atomic E-state index is 0.00661. The van der Waals surface area contributed by atoms with Gasteiger partial charge in [-0.25, -0.2) is 9.18 Å². The van der Waals surface area contributed by atoms with Crippen molar-refractivity contribution in [1.82, 2.24) is 0 Å². The first-order valence-electron chi connectivity index (χ1n) is 6.63. The van der Waals surface area contributed by atoms with Gasteiger partial charge in [-0.3, -0.25) is 0 Å². The number of hydrogen-bond donors (Lipinski definition) is 1.